The fraction of sp³-hybridized carbons (Fsp3) is 0.318. The molecule has 1 aliphatic heterocycles. The Kier molecular flexibility index (Phi) is 5.21. The van der Waals surface area contributed by atoms with Gasteiger partial charge in [-0.25, -0.2) is 4.98 Å². The lowest BCUT2D eigenvalue weighted by atomic mass is 9.73. The van der Waals surface area contributed by atoms with Crippen molar-refractivity contribution in [1.29, 1.82) is 0 Å². The molecule has 6 nitrogen and oxygen atoms in total. The number of para-hydroxylation sites is 1. The molecule has 1 saturated heterocycles. The molecular formula is C22H23N3O3. The number of hydrogen-bond acceptors (Lipinski definition) is 4. The topological polar surface area (TPSA) is 73.2 Å². The largest absolute Gasteiger partial charge is 0.381 e. The van der Waals surface area contributed by atoms with E-state index in [-0.39, 0.29) is 11.5 Å². The van der Waals surface area contributed by atoms with E-state index in [0.717, 1.165) is 5.56 Å². The van der Waals surface area contributed by atoms with Crippen LogP contribution in [0.4, 0.5) is 0 Å². The first kappa shape index (κ1) is 18.4. The Morgan fingerprint density at radius 3 is 2.57 bits per heavy atom. The number of rotatable bonds is 5. The minimum atomic E-state index is -0.577. The molecule has 0 bridgehead atoms. The molecule has 1 N–H and O–H groups in total. The molecule has 3 aromatic rings. The molecule has 28 heavy (non-hydrogen) atoms. The van der Waals surface area contributed by atoms with Gasteiger partial charge in [0.1, 0.15) is 0 Å². The van der Waals surface area contributed by atoms with Gasteiger partial charge in [0.2, 0.25) is 5.91 Å². The molecule has 1 aliphatic rings. The Labute approximate surface area is 163 Å². The van der Waals surface area contributed by atoms with Gasteiger partial charge in [-0.05, 0) is 30.5 Å². The van der Waals surface area contributed by atoms with Gasteiger partial charge in [0, 0.05) is 26.3 Å². The molecule has 4 rings (SSSR count). The summed E-state index contributed by atoms with van der Waals surface area (Å²) in [6.07, 6.45) is 2.85. The van der Waals surface area contributed by atoms with Crippen molar-refractivity contribution >= 4 is 16.8 Å². The van der Waals surface area contributed by atoms with Crippen LogP contribution in [0.15, 0.2) is 65.7 Å². The van der Waals surface area contributed by atoms with E-state index >= 15 is 0 Å². The van der Waals surface area contributed by atoms with Crippen LogP contribution in [0.3, 0.4) is 0 Å². The highest BCUT2D eigenvalue weighted by Gasteiger charge is 2.41. The van der Waals surface area contributed by atoms with E-state index in [2.05, 4.69) is 10.3 Å². The summed E-state index contributed by atoms with van der Waals surface area (Å²) in [5.41, 5.74) is 1.02. The van der Waals surface area contributed by atoms with Crippen molar-refractivity contribution in [3.63, 3.8) is 0 Å². The average molecular weight is 377 g/mol. The molecule has 2 heterocycles. The maximum absolute atomic E-state index is 13.1. The standard InChI is InChI=1S/C22H23N3O3/c26-20-18-8-4-5-9-19(18)24-16-25(20)13-12-23-21(27)22(10-14-28-15-11-22)17-6-2-1-3-7-17/h1-9,16H,10-15H2,(H,23,27). The average Bonchev–Trinajstić information content (AvgIpc) is 2.76. The zero-order valence-electron chi connectivity index (χ0n) is 15.6. The molecular weight excluding hydrogens is 354 g/mol. The first-order valence-electron chi connectivity index (χ1n) is 9.56. The third kappa shape index (κ3) is 3.43. The molecule has 1 aromatic heterocycles. The third-order valence-electron chi connectivity index (χ3n) is 5.48. The fourth-order valence-corrected chi connectivity index (χ4v) is 3.85. The number of amides is 1. The number of ether oxygens (including phenoxy) is 1. The van der Waals surface area contributed by atoms with Gasteiger partial charge in [0.05, 0.1) is 22.6 Å². The Bertz CT molecular complexity index is 1020. The van der Waals surface area contributed by atoms with E-state index in [1.807, 2.05) is 48.5 Å². The van der Waals surface area contributed by atoms with E-state index < -0.39 is 5.41 Å². The Morgan fingerprint density at radius 1 is 1.07 bits per heavy atom. The van der Waals surface area contributed by atoms with Gasteiger partial charge >= 0.3 is 0 Å². The highest BCUT2D eigenvalue weighted by Crippen LogP contribution is 2.35. The summed E-state index contributed by atoms with van der Waals surface area (Å²) in [4.78, 5) is 30.0. The van der Waals surface area contributed by atoms with Gasteiger partial charge in [-0.2, -0.15) is 0 Å². The predicted molar refractivity (Wildman–Crippen MR) is 107 cm³/mol. The van der Waals surface area contributed by atoms with Crippen LogP contribution >= 0.6 is 0 Å². The second-order valence-corrected chi connectivity index (χ2v) is 7.08. The van der Waals surface area contributed by atoms with Crippen LogP contribution in [0.25, 0.3) is 10.9 Å². The van der Waals surface area contributed by atoms with Crippen LogP contribution in [0.1, 0.15) is 18.4 Å². The monoisotopic (exact) mass is 377 g/mol. The predicted octanol–water partition coefficient (Wildman–Crippen LogP) is 2.26. The fourth-order valence-electron chi connectivity index (χ4n) is 3.85. The van der Waals surface area contributed by atoms with Crippen LogP contribution < -0.4 is 10.9 Å². The second kappa shape index (κ2) is 7.94. The molecule has 1 fully saturated rings. The number of aromatic nitrogens is 2. The number of nitrogens with one attached hydrogen (secondary N) is 1. The summed E-state index contributed by atoms with van der Waals surface area (Å²) >= 11 is 0. The quantitative estimate of drug-likeness (QED) is 0.740. The van der Waals surface area contributed by atoms with Crippen LogP contribution in [0.2, 0.25) is 0 Å². The number of nitrogens with zero attached hydrogens (tertiary/aromatic N) is 2. The second-order valence-electron chi connectivity index (χ2n) is 7.08. The van der Waals surface area contributed by atoms with Crippen molar-refractivity contribution in [2.45, 2.75) is 24.8 Å². The summed E-state index contributed by atoms with van der Waals surface area (Å²) in [6, 6.07) is 17.1. The van der Waals surface area contributed by atoms with E-state index in [1.54, 1.807) is 10.6 Å². The van der Waals surface area contributed by atoms with Gasteiger partial charge < -0.3 is 10.1 Å². The lowest BCUT2D eigenvalue weighted by molar-refractivity contribution is -0.130. The van der Waals surface area contributed by atoms with Gasteiger partial charge in [0.25, 0.3) is 5.56 Å². The zero-order valence-corrected chi connectivity index (χ0v) is 15.6. The molecule has 0 atom stereocenters. The Balaban J connectivity index is 1.49. The molecule has 0 radical (unpaired) electrons. The molecule has 2 aromatic carbocycles. The summed E-state index contributed by atoms with van der Waals surface area (Å²) in [5, 5.41) is 3.62. The first-order valence-corrected chi connectivity index (χ1v) is 9.56. The SMILES string of the molecule is O=C(NCCn1cnc2ccccc2c1=O)C1(c2ccccc2)CCOCC1. The minimum absolute atomic E-state index is 0.0104. The molecule has 0 saturated carbocycles. The van der Waals surface area contributed by atoms with E-state index in [1.165, 1.54) is 6.33 Å². The highest BCUT2D eigenvalue weighted by atomic mass is 16.5. The highest BCUT2D eigenvalue weighted by molar-refractivity contribution is 5.88. The van der Waals surface area contributed by atoms with Crippen molar-refractivity contribution in [2.24, 2.45) is 0 Å². The molecule has 6 heteroatoms. The smallest absolute Gasteiger partial charge is 0.261 e. The van der Waals surface area contributed by atoms with Crippen molar-refractivity contribution < 1.29 is 9.53 Å². The van der Waals surface area contributed by atoms with Gasteiger partial charge in [-0.1, -0.05) is 42.5 Å². The van der Waals surface area contributed by atoms with Crippen LogP contribution in [-0.4, -0.2) is 35.2 Å². The maximum Gasteiger partial charge on any atom is 0.261 e. The van der Waals surface area contributed by atoms with Gasteiger partial charge in [-0.15, -0.1) is 0 Å². The summed E-state index contributed by atoms with van der Waals surface area (Å²) in [5.74, 6) is -0.0104. The van der Waals surface area contributed by atoms with E-state index in [4.69, 9.17) is 4.74 Å². The van der Waals surface area contributed by atoms with Crippen molar-refractivity contribution in [1.82, 2.24) is 14.9 Å². The van der Waals surface area contributed by atoms with Crippen molar-refractivity contribution in [2.75, 3.05) is 19.8 Å². The first-order chi connectivity index (χ1) is 13.7. The van der Waals surface area contributed by atoms with Crippen LogP contribution in [-0.2, 0) is 21.5 Å². The summed E-state index contributed by atoms with van der Waals surface area (Å²) in [7, 11) is 0. The van der Waals surface area contributed by atoms with Crippen LogP contribution in [0.5, 0.6) is 0 Å². The van der Waals surface area contributed by atoms with E-state index in [9.17, 15) is 9.59 Å². The van der Waals surface area contributed by atoms with Crippen molar-refractivity contribution in [3.05, 3.63) is 76.8 Å². The number of carbonyl (C=O) groups is 1. The zero-order chi connectivity index (χ0) is 19.4. The molecule has 0 unspecified atom stereocenters. The Morgan fingerprint density at radius 2 is 1.79 bits per heavy atom. The number of benzene rings is 2. The van der Waals surface area contributed by atoms with Crippen LogP contribution in [0, 0.1) is 0 Å². The Hall–Kier alpha value is -2.99. The van der Waals surface area contributed by atoms with Gasteiger partial charge in [-0.3, -0.25) is 14.2 Å². The minimum Gasteiger partial charge on any atom is -0.381 e. The lowest BCUT2D eigenvalue weighted by Gasteiger charge is -2.36. The summed E-state index contributed by atoms with van der Waals surface area (Å²) in [6.45, 7) is 1.88. The normalized spacial score (nSPS) is 16.0. The number of hydrogen-bond donors (Lipinski definition) is 1. The number of fused-ring (bicyclic) bond motifs is 1. The molecule has 0 aliphatic carbocycles. The van der Waals surface area contributed by atoms with Gasteiger partial charge in [0.15, 0.2) is 0 Å². The maximum atomic E-state index is 13.1. The molecule has 1 amide bonds. The lowest BCUT2D eigenvalue weighted by Crippen LogP contribution is -2.48. The third-order valence-corrected chi connectivity index (χ3v) is 5.48. The molecule has 0 spiro atoms. The number of carbonyl (C=O) groups excluding carboxylic acids is 1. The molecule has 144 valence electrons. The van der Waals surface area contributed by atoms with Crippen molar-refractivity contribution in [3.8, 4) is 0 Å². The van der Waals surface area contributed by atoms with E-state index in [0.29, 0.717) is 50.0 Å². The summed E-state index contributed by atoms with van der Waals surface area (Å²) < 4.78 is 7.04.